The fraction of sp³-hybridized carbons (Fsp3) is 0.586. The van der Waals surface area contributed by atoms with Crippen LogP contribution in [0.4, 0.5) is 8.78 Å². The van der Waals surface area contributed by atoms with E-state index in [1.165, 1.54) is 6.20 Å². The molecule has 5 unspecified atom stereocenters. The van der Waals surface area contributed by atoms with E-state index in [2.05, 4.69) is 15.6 Å². The Balaban J connectivity index is 1.33. The number of hydrogen-bond donors (Lipinski definition) is 7. The van der Waals surface area contributed by atoms with E-state index in [4.69, 9.17) is 18.6 Å². The maximum Gasteiger partial charge on any atom is 0.341 e. The summed E-state index contributed by atoms with van der Waals surface area (Å²) in [5.41, 5.74) is -4.20. The molecule has 2 fully saturated rings. The topological polar surface area (TPSA) is 239 Å². The van der Waals surface area contributed by atoms with E-state index < -0.39 is 103 Å². The Morgan fingerprint density at radius 3 is 2.42 bits per heavy atom. The van der Waals surface area contributed by atoms with E-state index in [9.17, 15) is 49.0 Å². The van der Waals surface area contributed by atoms with Gasteiger partial charge in [0.25, 0.3) is 5.91 Å². The van der Waals surface area contributed by atoms with Crippen molar-refractivity contribution in [2.75, 3.05) is 19.8 Å². The van der Waals surface area contributed by atoms with Gasteiger partial charge in [0.2, 0.25) is 0 Å². The highest BCUT2D eigenvalue weighted by Gasteiger charge is 2.51. The lowest BCUT2D eigenvalue weighted by Gasteiger charge is -2.46. The summed E-state index contributed by atoms with van der Waals surface area (Å²) in [6, 6.07) is 1.61. The van der Waals surface area contributed by atoms with Crippen molar-refractivity contribution in [3.8, 4) is 0 Å². The molecule has 16 nitrogen and oxygen atoms in total. The van der Waals surface area contributed by atoms with E-state index >= 15 is 0 Å². The number of aliphatic hydroxyl groups is 6. The molecule has 4 heterocycles. The van der Waals surface area contributed by atoms with E-state index in [1.807, 2.05) is 6.92 Å². The quantitative estimate of drug-likeness (QED) is 0.0879. The van der Waals surface area contributed by atoms with Crippen molar-refractivity contribution >= 4 is 28.6 Å². The molecule has 0 bridgehead atoms. The van der Waals surface area contributed by atoms with Crippen LogP contribution < -0.4 is 10.9 Å². The van der Waals surface area contributed by atoms with Crippen molar-refractivity contribution in [1.29, 1.82) is 0 Å². The van der Waals surface area contributed by atoms with Gasteiger partial charge in [-0.1, -0.05) is 30.3 Å². The van der Waals surface area contributed by atoms with Crippen LogP contribution in [-0.2, 0) is 20.8 Å². The Morgan fingerprint density at radius 1 is 1.04 bits per heavy atom. The van der Waals surface area contributed by atoms with Crippen LogP contribution >= 0.6 is 11.8 Å². The highest BCUT2D eigenvalue weighted by molar-refractivity contribution is 8.00. The number of benzene rings is 1. The third kappa shape index (κ3) is 7.39. The van der Waals surface area contributed by atoms with Crippen LogP contribution in [-0.4, -0.2) is 125 Å². The number of fused-ring (bicyclic) bond motifs is 1. The van der Waals surface area contributed by atoms with Crippen LogP contribution in [0.2, 0.25) is 0 Å². The number of nitrogens with one attached hydrogen (secondary N) is 1. The van der Waals surface area contributed by atoms with Crippen molar-refractivity contribution < 1.29 is 62.8 Å². The fourth-order valence-electron chi connectivity index (χ4n) is 5.44. The molecular weight excluding hydrogens is 666 g/mol. The molecular formula is C29H36F2N4O12S. The zero-order valence-electron chi connectivity index (χ0n) is 25.5. The predicted octanol–water partition coefficient (Wildman–Crippen LogP) is -1.07. The van der Waals surface area contributed by atoms with Crippen molar-refractivity contribution in [3.05, 3.63) is 57.7 Å². The summed E-state index contributed by atoms with van der Waals surface area (Å²) in [5, 5.41) is 74.1. The highest BCUT2D eigenvalue weighted by Crippen LogP contribution is 2.40. The van der Waals surface area contributed by atoms with Crippen LogP contribution in [0.3, 0.4) is 0 Å². The Kier molecular flexibility index (Phi) is 11.8. The zero-order chi connectivity index (χ0) is 34.7. The van der Waals surface area contributed by atoms with Gasteiger partial charge in [-0.05, 0) is 24.6 Å². The third-order valence-electron chi connectivity index (χ3n) is 8.11. The number of halogens is 2. The molecule has 2 saturated heterocycles. The van der Waals surface area contributed by atoms with Gasteiger partial charge < -0.3 is 54.6 Å². The molecule has 264 valence electrons. The van der Waals surface area contributed by atoms with Crippen molar-refractivity contribution in [3.63, 3.8) is 0 Å². The average molecular weight is 703 g/mol. The second-order valence-corrected chi connectivity index (χ2v) is 12.5. The summed E-state index contributed by atoms with van der Waals surface area (Å²) in [6.45, 7) is 0.286. The van der Waals surface area contributed by atoms with Gasteiger partial charge in [0.05, 0.1) is 37.0 Å². The van der Waals surface area contributed by atoms with Crippen LogP contribution in [0.5, 0.6) is 0 Å². The molecule has 7 N–H and O–H groups in total. The molecule has 19 heteroatoms. The molecule has 2 aliphatic heterocycles. The summed E-state index contributed by atoms with van der Waals surface area (Å²) in [6.07, 6.45) is -7.79. The second-order valence-electron chi connectivity index (χ2n) is 11.3. The average Bonchev–Trinajstić information content (AvgIpc) is 3.55. The molecule has 1 amide bonds. The summed E-state index contributed by atoms with van der Waals surface area (Å²) in [4.78, 5) is 25.0. The first kappa shape index (κ1) is 36.2. The number of rotatable bonds is 12. The minimum Gasteiger partial charge on any atom is -0.422 e. The fourth-order valence-corrected chi connectivity index (χ4v) is 6.76. The van der Waals surface area contributed by atoms with Crippen molar-refractivity contribution in [1.82, 2.24) is 20.3 Å². The lowest BCUT2D eigenvalue weighted by molar-refractivity contribution is -0.225. The third-order valence-corrected chi connectivity index (χ3v) is 9.43. The standard InChI is InChI=1S/C29H36F2N4O12S/c1-2-3-6-32-26(42)15-8-35(34-33-15)20-21(38)17(9-36)46-28(23(20)40)48-29-24(41)25(22(39)18(10-37)47-29)44-11-12-7-13-16(45-27(12)43)5-4-14(30)19(13)31/h4-5,7-8,17-18,20-25,28-29,36-41H,2-3,6,9-11H2,1H3,(H,32,42)/t17?,18-,20?,21+,22?,23+,24-,25?,28+,29?/m1/s1. The molecule has 0 saturated carbocycles. The number of nitrogens with zero attached hydrogens (tertiary/aromatic N) is 3. The molecule has 0 spiro atoms. The molecule has 10 atom stereocenters. The Labute approximate surface area is 275 Å². The molecule has 2 aromatic heterocycles. The summed E-state index contributed by atoms with van der Waals surface area (Å²) in [5.74, 6) is -2.95. The molecule has 5 rings (SSSR count). The van der Waals surface area contributed by atoms with Gasteiger partial charge in [0.1, 0.15) is 65.2 Å². The predicted molar refractivity (Wildman–Crippen MR) is 160 cm³/mol. The molecule has 0 aliphatic carbocycles. The van der Waals surface area contributed by atoms with E-state index in [-0.39, 0.29) is 22.2 Å². The first-order valence-electron chi connectivity index (χ1n) is 15.1. The minimum atomic E-state index is -1.70. The van der Waals surface area contributed by atoms with E-state index in [1.54, 1.807) is 0 Å². The number of aromatic nitrogens is 3. The number of hydrogen-bond acceptors (Lipinski definition) is 15. The Morgan fingerprint density at radius 2 is 1.73 bits per heavy atom. The largest absolute Gasteiger partial charge is 0.422 e. The Hall–Kier alpha value is -3.11. The zero-order valence-corrected chi connectivity index (χ0v) is 26.3. The van der Waals surface area contributed by atoms with Crippen LogP contribution in [0.25, 0.3) is 11.0 Å². The second kappa shape index (κ2) is 15.6. The number of thioether (sulfide) groups is 1. The molecule has 0 radical (unpaired) electrons. The minimum absolute atomic E-state index is 0.0825. The number of aliphatic hydroxyl groups excluding tert-OH is 6. The number of amides is 1. The first-order valence-corrected chi connectivity index (χ1v) is 16.1. The van der Waals surface area contributed by atoms with Gasteiger partial charge in [-0.2, -0.15) is 0 Å². The highest BCUT2D eigenvalue weighted by atomic mass is 32.2. The van der Waals surface area contributed by atoms with E-state index in [0.29, 0.717) is 18.3 Å². The number of ether oxygens (including phenoxy) is 3. The van der Waals surface area contributed by atoms with Crippen molar-refractivity contribution in [2.45, 2.75) is 86.0 Å². The van der Waals surface area contributed by atoms with Gasteiger partial charge >= 0.3 is 5.63 Å². The van der Waals surface area contributed by atoms with Crippen LogP contribution in [0.15, 0.2) is 33.6 Å². The first-order chi connectivity index (χ1) is 23.0. The summed E-state index contributed by atoms with van der Waals surface area (Å²) < 4.78 is 51.3. The van der Waals surface area contributed by atoms with Gasteiger partial charge in [-0.3, -0.25) is 4.79 Å². The Bertz CT molecular complexity index is 1630. The number of carbonyl (C=O) groups is 1. The van der Waals surface area contributed by atoms with Gasteiger partial charge in [0.15, 0.2) is 17.3 Å². The molecule has 1 aromatic carbocycles. The van der Waals surface area contributed by atoms with Crippen LogP contribution in [0.1, 0.15) is 41.9 Å². The maximum absolute atomic E-state index is 14.3. The normalized spacial score (nSPS) is 30.9. The lowest BCUT2D eigenvalue weighted by atomic mass is 9.97. The van der Waals surface area contributed by atoms with Gasteiger partial charge in [0, 0.05) is 6.54 Å². The van der Waals surface area contributed by atoms with Gasteiger partial charge in [-0.25, -0.2) is 18.3 Å². The molecule has 3 aromatic rings. The summed E-state index contributed by atoms with van der Waals surface area (Å²) >= 11 is 0.678. The SMILES string of the molecule is CCCCNC(=O)c1cn(C2[C@@H](O)C(CO)O[C@@H](SC3O[C@H](CO)C(O)C(OCc4cc5c(F)c(F)ccc5oc4=O)[C@H]3O)[C@H]2O)nn1. The molecule has 2 aliphatic rings. The maximum atomic E-state index is 14.3. The monoisotopic (exact) mass is 702 g/mol. The van der Waals surface area contributed by atoms with Gasteiger partial charge in [-0.15, -0.1) is 5.10 Å². The van der Waals surface area contributed by atoms with Crippen molar-refractivity contribution in [2.24, 2.45) is 0 Å². The smallest absolute Gasteiger partial charge is 0.341 e. The number of unbranched alkanes of at least 4 members (excludes halogenated alkanes) is 1. The lowest BCUT2D eigenvalue weighted by Crippen LogP contribution is -2.60. The number of carbonyl (C=O) groups excluding carboxylic acids is 1. The van der Waals surface area contributed by atoms with Crippen LogP contribution in [0, 0.1) is 11.6 Å². The van der Waals surface area contributed by atoms with E-state index in [0.717, 1.165) is 35.7 Å². The molecule has 48 heavy (non-hydrogen) atoms. The summed E-state index contributed by atoms with van der Waals surface area (Å²) in [7, 11) is 0.